The van der Waals surface area contributed by atoms with E-state index in [1.165, 1.54) is 6.07 Å². The summed E-state index contributed by atoms with van der Waals surface area (Å²) >= 11 is 0. The molecular formula is C11H16N2O3. The summed E-state index contributed by atoms with van der Waals surface area (Å²) in [6, 6.07) is 4.96. The van der Waals surface area contributed by atoms with Crippen molar-refractivity contribution in [2.45, 2.75) is 19.8 Å². The van der Waals surface area contributed by atoms with E-state index in [-0.39, 0.29) is 17.2 Å². The molecule has 0 aliphatic rings. The van der Waals surface area contributed by atoms with Crippen molar-refractivity contribution in [3.63, 3.8) is 0 Å². The van der Waals surface area contributed by atoms with Gasteiger partial charge in [-0.3, -0.25) is 10.1 Å². The van der Waals surface area contributed by atoms with Crippen LogP contribution in [0.25, 0.3) is 0 Å². The zero-order chi connectivity index (χ0) is 12.0. The fraction of sp³-hybridized carbons (Fsp3) is 0.455. The van der Waals surface area contributed by atoms with Crippen LogP contribution in [0.15, 0.2) is 18.2 Å². The minimum atomic E-state index is -0.384. The summed E-state index contributed by atoms with van der Waals surface area (Å²) in [5.41, 5.74) is 1.67. The second kappa shape index (κ2) is 6.07. The molecule has 0 radical (unpaired) electrons. The largest absolute Gasteiger partial charge is 0.396 e. The van der Waals surface area contributed by atoms with E-state index in [0.29, 0.717) is 5.56 Å². The predicted molar refractivity (Wildman–Crippen MR) is 62.6 cm³/mol. The van der Waals surface area contributed by atoms with Crippen molar-refractivity contribution >= 4 is 11.4 Å². The Bertz CT molecular complexity index is 366. The molecule has 5 heteroatoms. The first-order valence-corrected chi connectivity index (χ1v) is 5.25. The van der Waals surface area contributed by atoms with Crippen molar-refractivity contribution < 1.29 is 10.0 Å². The Kier molecular flexibility index (Phi) is 4.72. The van der Waals surface area contributed by atoms with Crippen molar-refractivity contribution in [1.82, 2.24) is 0 Å². The van der Waals surface area contributed by atoms with Gasteiger partial charge in [0.2, 0.25) is 0 Å². The monoisotopic (exact) mass is 224 g/mol. The third-order valence-electron chi connectivity index (χ3n) is 2.31. The Labute approximate surface area is 94.3 Å². The van der Waals surface area contributed by atoms with Gasteiger partial charge in [0.05, 0.1) is 4.92 Å². The molecule has 88 valence electrons. The highest BCUT2D eigenvalue weighted by Crippen LogP contribution is 2.21. The topological polar surface area (TPSA) is 75.4 Å². The molecule has 0 amide bonds. The van der Waals surface area contributed by atoms with E-state index in [0.717, 1.165) is 25.1 Å². The highest BCUT2D eigenvalue weighted by atomic mass is 16.6. The average molecular weight is 224 g/mol. The molecule has 16 heavy (non-hydrogen) atoms. The van der Waals surface area contributed by atoms with Crippen molar-refractivity contribution in [2.24, 2.45) is 0 Å². The number of nitro groups is 1. The van der Waals surface area contributed by atoms with Crippen LogP contribution in [0.2, 0.25) is 0 Å². The molecule has 5 nitrogen and oxygen atoms in total. The summed E-state index contributed by atoms with van der Waals surface area (Å²) in [5.74, 6) is 0. The highest BCUT2D eigenvalue weighted by molar-refractivity contribution is 5.53. The van der Waals surface area contributed by atoms with Gasteiger partial charge >= 0.3 is 0 Å². The maximum absolute atomic E-state index is 10.6. The summed E-state index contributed by atoms with van der Waals surface area (Å²) in [5, 5.41) is 22.3. The molecule has 2 N–H and O–H groups in total. The third kappa shape index (κ3) is 3.51. The molecule has 1 aromatic carbocycles. The Morgan fingerprint density at radius 1 is 1.44 bits per heavy atom. The molecule has 0 aromatic heterocycles. The van der Waals surface area contributed by atoms with E-state index >= 15 is 0 Å². The fourth-order valence-electron chi connectivity index (χ4n) is 1.44. The third-order valence-corrected chi connectivity index (χ3v) is 2.31. The molecule has 0 saturated heterocycles. The van der Waals surface area contributed by atoms with Crippen LogP contribution >= 0.6 is 0 Å². The number of aryl methyl sites for hydroxylation is 1. The second-order valence-electron chi connectivity index (χ2n) is 3.62. The molecule has 0 spiro atoms. The van der Waals surface area contributed by atoms with Crippen LogP contribution in [-0.4, -0.2) is 23.2 Å². The quantitative estimate of drug-likeness (QED) is 0.440. The van der Waals surface area contributed by atoms with Crippen LogP contribution in [0.4, 0.5) is 11.4 Å². The van der Waals surface area contributed by atoms with Crippen LogP contribution in [0.1, 0.15) is 18.4 Å². The number of aliphatic hydroxyl groups is 1. The first-order chi connectivity index (χ1) is 7.65. The van der Waals surface area contributed by atoms with Gasteiger partial charge in [0.1, 0.15) is 0 Å². The molecular weight excluding hydrogens is 208 g/mol. The summed E-state index contributed by atoms with van der Waals surface area (Å²) < 4.78 is 0. The van der Waals surface area contributed by atoms with Crippen LogP contribution in [0.5, 0.6) is 0 Å². The van der Waals surface area contributed by atoms with Crippen LogP contribution < -0.4 is 5.32 Å². The number of hydrogen-bond donors (Lipinski definition) is 2. The molecule has 0 bridgehead atoms. The van der Waals surface area contributed by atoms with E-state index in [2.05, 4.69) is 5.32 Å². The van der Waals surface area contributed by atoms with Crippen LogP contribution in [0.3, 0.4) is 0 Å². The number of aliphatic hydroxyl groups excluding tert-OH is 1. The standard InChI is InChI=1S/C11H16N2O3/c1-9-8-10(12-6-2-3-7-14)4-5-11(9)13(15)16/h4-5,8,12,14H,2-3,6-7H2,1H3. The summed E-state index contributed by atoms with van der Waals surface area (Å²) in [7, 11) is 0. The Morgan fingerprint density at radius 3 is 2.75 bits per heavy atom. The predicted octanol–water partition coefficient (Wildman–Crippen LogP) is 2.09. The van der Waals surface area contributed by atoms with Gasteiger partial charge < -0.3 is 10.4 Å². The van der Waals surface area contributed by atoms with E-state index in [1.807, 2.05) is 0 Å². The van der Waals surface area contributed by atoms with Gasteiger partial charge in [-0.1, -0.05) is 0 Å². The minimum Gasteiger partial charge on any atom is -0.396 e. The molecule has 0 heterocycles. The zero-order valence-electron chi connectivity index (χ0n) is 9.27. The molecule has 0 aliphatic heterocycles. The van der Waals surface area contributed by atoms with E-state index in [9.17, 15) is 10.1 Å². The van der Waals surface area contributed by atoms with Gasteiger partial charge in [0.25, 0.3) is 5.69 Å². The molecule has 0 fully saturated rings. The number of anilines is 1. The summed E-state index contributed by atoms with van der Waals surface area (Å²) in [6.45, 7) is 2.68. The van der Waals surface area contributed by atoms with Gasteiger partial charge in [-0.2, -0.15) is 0 Å². The maximum Gasteiger partial charge on any atom is 0.272 e. The lowest BCUT2D eigenvalue weighted by Crippen LogP contribution is -2.03. The van der Waals surface area contributed by atoms with Crippen molar-refractivity contribution in [3.05, 3.63) is 33.9 Å². The normalized spacial score (nSPS) is 10.1. The highest BCUT2D eigenvalue weighted by Gasteiger charge is 2.09. The zero-order valence-corrected chi connectivity index (χ0v) is 9.27. The number of hydrogen-bond acceptors (Lipinski definition) is 4. The van der Waals surface area contributed by atoms with E-state index < -0.39 is 0 Å². The van der Waals surface area contributed by atoms with Gasteiger partial charge in [-0.25, -0.2) is 0 Å². The van der Waals surface area contributed by atoms with Crippen molar-refractivity contribution in [1.29, 1.82) is 0 Å². The maximum atomic E-state index is 10.6. The number of nitrogens with one attached hydrogen (secondary N) is 1. The number of nitro benzene ring substituents is 1. The van der Waals surface area contributed by atoms with Gasteiger partial charge in [0.15, 0.2) is 0 Å². The average Bonchev–Trinajstić information content (AvgIpc) is 2.24. The summed E-state index contributed by atoms with van der Waals surface area (Å²) in [4.78, 5) is 10.2. The van der Waals surface area contributed by atoms with Crippen LogP contribution in [-0.2, 0) is 0 Å². The Morgan fingerprint density at radius 2 is 2.19 bits per heavy atom. The number of benzene rings is 1. The van der Waals surface area contributed by atoms with Crippen LogP contribution in [0, 0.1) is 17.0 Å². The summed E-state index contributed by atoms with van der Waals surface area (Å²) in [6.07, 6.45) is 1.64. The lowest BCUT2D eigenvalue weighted by Gasteiger charge is -2.06. The van der Waals surface area contributed by atoms with Gasteiger partial charge in [-0.05, 0) is 31.9 Å². The van der Waals surface area contributed by atoms with E-state index in [4.69, 9.17) is 5.11 Å². The molecule has 0 atom stereocenters. The molecule has 1 rings (SSSR count). The number of nitrogens with zero attached hydrogens (tertiary/aromatic N) is 1. The van der Waals surface area contributed by atoms with Gasteiger partial charge in [0, 0.05) is 30.5 Å². The minimum absolute atomic E-state index is 0.140. The first-order valence-electron chi connectivity index (χ1n) is 5.25. The molecule has 0 aliphatic carbocycles. The lowest BCUT2D eigenvalue weighted by atomic mass is 10.2. The smallest absolute Gasteiger partial charge is 0.272 e. The molecule has 1 aromatic rings. The van der Waals surface area contributed by atoms with Crippen molar-refractivity contribution in [3.8, 4) is 0 Å². The lowest BCUT2D eigenvalue weighted by molar-refractivity contribution is -0.385. The number of rotatable bonds is 6. The Balaban J connectivity index is 2.56. The molecule has 0 unspecified atom stereocenters. The molecule has 0 saturated carbocycles. The second-order valence-corrected chi connectivity index (χ2v) is 3.62. The Hall–Kier alpha value is -1.62. The first kappa shape index (κ1) is 12.4. The van der Waals surface area contributed by atoms with E-state index in [1.54, 1.807) is 19.1 Å². The van der Waals surface area contributed by atoms with Gasteiger partial charge in [-0.15, -0.1) is 0 Å². The SMILES string of the molecule is Cc1cc(NCCCCO)ccc1[N+](=O)[O-]. The fourth-order valence-corrected chi connectivity index (χ4v) is 1.44. The number of unbranched alkanes of at least 4 members (excludes halogenated alkanes) is 1. The van der Waals surface area contributed by atoms with Crippen molar-refractivity contribution in [2.75, 3.05) is 18.5 Å².